The molecule has 0 unspecified atom stereocenters. The molecule has 0 fully saturated rings. The summed E-state index contributed by atoms with van der Waals surface area (Å²) in [7, 11) is 0. The Morgan fingerprint density at radius 3 is 2.75 bits per heavy atom. The van der Waals surface area contributed by atoms with E-state index in [4.69, 9.17) is 5.73 Å². The first-order valence-corrected chi connectivity index (χ1v) is 4.18. The fourth-order valence-electron chi connectivity index (χ4n) is 1.54. The molecule has 3 heterocycles. The van der Waals surface area contributed by atoms with Gasteiger partial charge in [0.25, 0.3) is 0 Å². The van der Waals surface area contributed by atoms with Gasteiger partial charge in [-0.15, -0.1) is 24.8 Å². The van der Waals surface area contributed by atoms with Gasteiger partial charge < -0.3 is 10.7 Å². The highest BCUT2D eigenvalue weighted by Crippen LogP contribution is 2.22. The molecule has 0 bridgehead atoms. The molecule has 3 aromatic heterocycles. The maximum absolute atomic E-state index is 5.49. The summed E-state index contributed by atoms with van der Waals surface area (Å²) in [6, 6.07) is 1.92. The van der Waals surface area contributed by atoms with Crippen LogP contribution in [-0.2, 0) is 0 Å². The summed E-state index contributed by atoms with van der Waals surface area (Å²) in [6.07, 6.45) is 5.22. The number of hydrogen-bond acceptors (Lipinski definition) is 4. The number of halogens is 2. The van der Waals surface area contributed by atoms with Gasteiger partial charge in [0.1, 0.15) is 5.65 Å². The molecular formula is C9H9Cl2N5. The van der Waals surface area contributed by atoms with Crippen molar-refractivity contribution < 1.29 is 0 Å². The highest BCUT2D eigenvalue weighted by molar-refractivity contribution is 6.05. The third kappa shape index (κ3) is 1.75. The highest BCUT2D eigenvalue weighted by atomic mass is 35.5. The smallest absolute Gasteiger partial charge is 0.221 e. The van der Waals surface area contributed by atoms with Crippen LogP contribution in [0.2, 0.25) is 0 Å². The Morgan fingerprint density at radius 2 is 1.94 bits per heavy atom. The lowest BCUT2D eigenvalue weighted by Crippen LogP contribution is -1.92. The number of aromatic nitrogens is 4. The molecule has 0 saturated carbocycles. The van der Waals surface area contributed by atoms with Crippen molar-refractivity contribution in [2.45, 2.75) is 0 Å². The number of nitrogens with two attached hydrogens (primary N) is 1. The number of H-pyrrole nitrogens is 1. The molecule has 0 aliphatic rings. The average molecular weight is 258 g/mol. The third-order valence-corrected chi connectivity index (χ3v) is 2.17. The lowest BCUT2D eigenvalue weighted by atomic mass is 10.2. The molecule has 0 radical (unpaired) electrons. The first kappa shape index (κ1) is 12.5. The molecule has 0 spiro atoms. The van der Waals surface area contributed by atoms with Crippen molar-refractivity contribution in [2.75, 3.05) is 5.73 Å². The minimum absolute atomic E-state index is 0. The largest absolute Gasteiger partial charge is 0.368 e. The van der Waals surface area contributed by atoms with Gasteiger partial charge in [-0.05, 0) is 6.07 Å². The minimum Gasteiger partial charge on any atom is -0.368 e. The summed E-state index contributed by atoms with van der Waals surface area (Å²) in [5.41, 5.74) is 7.18. The zero-order valence-corrected chi connectivity index (χ0v) is 9.68. The van der Waals surface area contributed by atoms with Crippen molar-refractivity contribution in [3.05, 3.63) is 24.7 Å². The van der Waals surface area contributed by atoms with Gasteiger partial charge in [-0.3, -0.25) is 4.98 Å². The number of hydrogen-bond donors (Lipinski definition) is 2. The number of nitrogen functional groups attached to an aromatic ring is 1. The summed E-state index contributed by atoms with van der Waals surface area (Å²) in [5.74, 6) is 0.275. The van der Waals surface area contributed by atoms with Crippen LogP contribution in [0.25, 0.3) is 21.9 Å². The van der Waals surface area contributed by atoms with E-state index in [-0.39, 0.29) is 30.8 Å². The van der Waals surface area contributed by atoms with E-state index in [1.54, 1.807) is 18.6 Å². The Morgan fingerprint density at radius 1 is 1.12 bits per heavy atom. The number of pyridine rings is 1. The molecule has 0 aliphatic carbocycles. The second-order valence-electron chi connectivity index (χ2n) is 3.04. The van der Waals surface area contributed by atoms with Crippen LogP contribution in [0.3, 0.4) is 0 Å². The van der Waals surface area contributed by atoms with Crippen molar-refractivity contribution in [3.8, 4) is 0 Å². The number of nitrogens with zero attached hydrogens (tertiary/aromatic N) is 3. The summed E-state index contributed by atoms with van der Waals surface area (Å²) in [5, 5.41) is 2.03. The first-order valence-electron chi connectivity index (χ1n) is 4.18. The van der Waals surface area contributed by atoms with Crippen LogP contribution in [0, 0.1) is 0 Å². The van der Waals surface area contributed by atoms with Gasteiger partial charge in [0.05, 0.1) is 11.7 Å². The van der Waals surface area contributed by atoms with Crippen molar-refractivity contribution in [1.29, 1.82) is 0 Å². The zero-order valence-electron chi connectivity index (χ0n) is 8.04. The maximum atomic E-state index is 5.49. The van der Waals surface area contributed by atoms with E-state index in [0.717, 1.165) is 21.9 Å². The lowest BCUT2D eigenvalue weighted by molar-refractivity contribution is 1.22. The fourth-order valence-corrected chi connectivity index (χ4v) is 1.54. The van der Waals surface area contributed by atoms with Crippen LogP contribution in [0.4, 0.5) is 5.95 Å². The molecule has 16 heavy (non-hydrogen) atoms. The minimum atomic E-state index is 0. The van der Waals surface area contributed by atoms with Crippen molar-refractivity contribution in [1.82, 2.24) is 19.9 Å². The summed E-state index contributed by atoms with van der Waals surface area (Å²) < 4.78 is 0. The molecular weight excluding hydrogens is 249 g/mol. The second kappa shape index (κ2) is 4.51. The van der Waals surface area contributed by atoms with Gasteiger partial charge in [0, 0.05) is 23.2 Å². The molecule has 7 heteroatoms. The molecule has 0 atom stereocenters. The molecule has 0 amide bonds. The van der Waals surface area contributed by atoms with Crippen molar-refractivity contribution in [3.63, 3.8) is 0 Å². The number of nitrogens with one attached hydrogen (secondary N) is 1. The third-order valence-electron chi connectivity index (χ3n) is 2.17. The fraction of sp³-hybridized carbons (Fsp3) is 0. The Balaban J connectivity index is 0.000000640. The molecule has 0 aromatic carbocycles. The van der Waals surface area contributed by atoms with Crippen LogP contribution < -0.4 is 5.73 Å². The Labute approximate surface area is 103 Å². The molecule has 3 aromatic rings. The van der Waals surface area contributed by atoms with Gasteiger partial charge in [-0.1, -0.05) is 0 Å². The number of rotatable bonds is 0. The highest BCUT2D eigenvalue weighted by Gasteiger charge is 2.04. The van der Waals surface area contributed by atoms with Crippen LogP contribution in [0.1, 0.15) is 0 Å². The van der Waals surface area contributed by atoms with E-state index in [0.29, 0.717) is 0 Å². The topological polar surface area (TPSA) is 80.5 Å². The SMILES string of the molecule is Cl.Cl.Nc1ncc2c(n1)[nH]c1cnccc12. The molecule has 5 nitrogen and oxygen atoms in total. The van der Waals surface area contributed by atoms with Crippen LogP contribution in [0.5, 0.6) is 0 Å². The van der Waals surface area contributed by atoms with Gasteiger partial charge in [-0.2, -0.15) is 4.98 Å². The van der Waals surface area contributed by atoms with Crippen LogP contribution in [-0.4, -0.2) is 19.9 Å². The molecule has 84 valence electrons. The second-order valence-corrected chi connectivity index (χ2v) is 3.04. The van der Waals surface area contributed by atoms with Crippen molar-refractivity contribution in [2.24, 2.45) is 0 Å². The van der Waals surface area contributed by atoms with Gasteiger partial charge >= 0.3 is 0 Å². The van der Waals surface area contributed by atoms with E-state index in [1.165, 1.54) is 0 Å². The summed E-state index contributed by atoms with van der Waals surface area (Å²) in [4.78, 5) is 15.2. The average Bonchev–Trinajstić information content (AvgIpc) is 2.54. The van der Waals surface area contributed by atoms with E-state index in [9.17, 15) is 0 Å². The molecule has 0 aliphatic heterocycles. The Bertz CT molecular complexity index is 621. The van der Waals surface area contributed by atoms with E-state index >= 15 is 0 Å². The number of fused-ring (bicyclic) bond motifs is 3. The first-order chi connectivity index (χ1) is 6.84. The van der Waals surface area contributed by atoms with Gasteiger partial charge in [0.15, 0.2) is 0 Å². The summed E-state index contributed by atoms with van der Waals surface area (Å²) >= 11 is 0. The van der Waals surface area contributed by atoms with Gasteiger partial charge in [-0.25, -0.2) is 4.98 Å². The monoisotopic (exact) mass is 257 g/mol. The number of aromatic amines is 1. The van der Waals surface area contributed by atoms with Crippen LogP contribution in [0.15, 0.2) is 24.7 Å². The normalized spacial score (nSPS) is 9.75. The number of anilines is 1. The van der Waals surface area contributed by atoms with E-state index < -0.39 is 0 Å². The van der Waals surface area contributed by atoms with Gasteiger partial charge in [0.2, 0.25) is 5.95 Å². The predicted octanol–water partition coefficient (Wildman–Crippen LogP) is 1.93. The summed E-state index contributed by atoms with van der Waals surface area (Å²) in [6.45, 7) is 0. The van der Waals surface area contributed by atoms with Crippen molar-refractivity contribution >= 4 is 52.7 Å². The van der Waals surface area contributed by atoms with E-state index in [1.807, 2.05) is 6.07 Å². The molecule has 3 rings (SSSR count). The Hall–Kier alpha value is -1.59. The Kier molecular flexibility index (Phi) is 3.51. The molecule has 3 N–H and O–H groups in total. The lowest BCUT2D eigenvalue weighted by Gasteiger charge is -1.90. The zero-order chi connectivity index (χ0) is 9.54. The quantitative estimate of drug-likeness (QED) is 0.645. The molecule has 0 saturated heterocycles. The maximum Gasteiger partial charge on any atom is 0.221 e. The van der Waals surface area contributed by atoms with E-state index in [2.05, 4.69) is 19.9 Å². The standard InChI is InChI=1S/C9H7N5.2ClH/c10-9-12-3-6-5-1-2-11-4-7(5)13-8(6)14-9;;/h1-4H,(H3,10,12,13,14);2*1H. The predicted molar refractivity (Wildman–Crippen MR) is 68.1 cm³/mol. The van der Waals surface area contributed by atoms with Crippen LogP contribution >= 0.6 is 24.8 Å².